The van der Waals surface area contributed by atoms with Crippen molar-refractivity contribution in [3.05, 3.63) is 93.0 Å². The minimum atomic E-state index is -0.900. The molecule has 0 aliphatic rings. The molecule has 3 aromatic rings. The number of carbonyl (C=O) groups excluding carboxylic acids is 1. The number of benzene rings is 2. The van der Waals surface area contributed by atoms with Gasteiger partial charge in [-0.2, -0.15) is 0 Å². The first-order chi connectivity index (χ1) is 16.1. The molecule has 34 heavy (non-hydrogen) atoms. The zero-order valence-corrected chi connectivity index (χ0v) is 19.3. The van der Waals surface area contributed by atoms with Crippen molar-refractivity contribution in [1.29, 1.82) is 0 Å². The highest BCUT2D eigenvalue weighted by atomic mass is 19.1. The first-order valence-corrected chi connectivity index (χ1v) is 11.0. The third kappa shape index (κ3) is 5.58. The molecule has 8 heteroatoms. The number of ketones is 1. The average Bonchev–Trinajstić information content (AvgIpc) is 2.78. The minimum Gasteiger partial charge on any atom is -0.480 e. The number of aromatic nitrogens is 1. The standard InChI is InChI=1S/C26H28FN3O4/c1-15(2)12-22(26(33)34)29-14-17-4-7-19(8-5-17)30-23(31)11-9-20(25(30)28)24(32)18-6-10-21(27)16(3)13-18/h4-11,13,15,22,29H,12,14,28H2,1-3H3,(H,33,34). The van der Waals surface area contributed by atoms with Crippen molar-refractivity contribution < 1.29 is 19.1 Å². The van der Waals surface area contributed by atoms with Gasteiger partial charge in [0.05, 0.1) is 11.3 Å². The van der Waals surface area contributed by atoms with E-state index in [1.165, 1.54) is 34.9 Å². The van der Waals surface area contributed by atoms with E-state index >= 15 is 0 Å². The number of halogens is 1. The Hall–Kier alpha value is -3.78. The first-order valence-electron chi connectivity index (χ1n) is 11.0. The Morgan fingerprint density at radius 3 is 2.35 bits per heavy atom. The lowest BCUT2D eigenvalue weighted by atomic mass is 10.0. The van der Waals surface area contributed by atoms with Crippen LogP contribution in [0, 0.1) is 18.7 Å². The van der Waals surface area contributed by atoms with Gasteiger partial charge in [0.25, 0.3) is 5.56 Å². The predicted molar refractivity (Wildman–Crippen MR) is 129 cm³/mol. The number of hydrogen-bond acceptors (Lipinski definition) is 5. The molecule has 0 bridgehead atoms. The van der Waals surface area contributed by atoms with Gasteiger partial charge in [0.15, 0.2) is 5.78 Å². The van der Waals surface area contributed by atoms with Crippen LogP contribution in [0.1, 0.15) is 47.3 Å². The summed E-state index contributed by atoms with van der Waals surface area (Å²) in [6.45, 7) is 5.83. The molecule has 3 rings (SSSR count). The molecule has 1 unspecified atom stereocenters. The Labute approximate surface area is 197 Å². The van der Waals surface area contributed by atoms with Crippen LogP contribution >= 0.6 is 0 Å². The van der Waals surface area contributed by atoms with E-state index in [1.807, 2.05) is 13.8 Å². The van der Waals surface area contributed by atoms with Gasteiger partial charge in [-0.25, -0.2) is 4.39 Å². The number of carboxylic acids is 1. The Morgan fingerprint density at radius 1 is 1.09 bits per heavy atom. The number of anilines is 1. The van der Waals surface area contributed by atoms with Gasteiger partial charge in [0.1, 0.15) is 17.7 Å². The highest BCUT2D eigenvalue weighted by Gasteiger charge is 2.19. The van der Waals surface area contributed by atoms with Crippen molar-refractivity contribution in [1.82, 2.24) is 9.88 Å². The number of aliphatic carboxylic acids is 1. The average molecular weight is 466 g/mol. The molecule has 0 fully saturated rings. The van der Waals surface area contributed by atoms with Gasteiger partial charge in [-0.3, -0.25) is 19.0 Å². The molecule has 0 spiro atoms. The van der Waals surface area contributed by atoms with Crippen molar-refractivity contribution in [3.63, 3.8) is 0 Å². The lowest BCUT2D eigenvalue weighted by Crippen LogP contribution is -2.37. The summed E-state index contributed by atoms with van der Waals surface area (Å²) in [4.78, 5) is 37.0. The fraction of sp³-hybridized carbons (Fsp3) is 0.269. The van der Waals surface area contributed by atoms with Crippen LogP contribution in [-0.2, 0) is 11.3 Å². The normalized spacial score (nSPS) is 12.0. The van der Waals surface area contributed by atoms with Gasteiger partial charge < -0.3 is 16.2 Å². The minimum absolute atomic E-state index is 0.0202. The smallest absolute Gasteiger partial charge is 0.320 e. The van der Waals surface area contributed by atoms with E-state index in [4.69, 9.17) is 5.73 Å². The number of nitrogen functional groups attached to an aromatic ring is 1. The lowest BCUT2D eigenvalue weighted by molar-refractivity contribution is -0.140. The number of carboxylic acid groups (broad SMARTS) is 1. The van der Waals surface area contributed by atoms with Crippen molar-refractivity contribution in [3.8, 4) is 5.69 Å². The second-order valence-electron chi connectivity index (χ2n) is 8.67. The molecule has 2 aromatic carbocycles. The number of hydrogen-bond donors (Lipinski definition) is 3. The van der Waals surface area contributed by atoms with E-state index in [-0.39, 0.29) is 22.9 Å². The number of nitrogens with zero attached hydrogens (tertiary/aromatic N) is 1. The summed E-state index contributed by atoms with van der Waals surface area (Å²) in [5, 5.41) is 12.4. The summed E-state index contributed by atoms with van der Waals surface area (Å²) >= 11 is 0. The van der Waals surface area contributed by atoms with Gasteiger partial charge >= 0.3 is 5.97 Å². The quantitative estimate of drug-likeness (QED) is 0.415. The van der Waals surface area contributed by atoms with Crippen LogP contribution in [0.15, 0.2) is 59.4 Å². The van der Waals surface area contributed by atoms with E-state index < -0.39 is 29.2 Å². The number of nitrogens with two attached hydrogens (primary N) is 1. The zero-order valence-electron chi connectivity index (χ0n) is 19.3. The van der Waals surface area contributed by atoms with E-state index in [0.29, 0.717) is 24.2 Å². The Kier molecular flexibility index (Phi) is 7.63. The number of carbonyl (C=O) groups is 2. The fourth-order valence-corrected chi connectivity index (χ4v) is 3.70. The van der Waals surface area contributed by atoms with Crippen molar-refractivity contribution in [2.45, 2.75) is 39.8 Å². The number of pyridine rings is 1. The second kappa shape index (κ2) is 10.4. The third-order valence-corrected chi connectivity index (χ3v) is 5.55. The largest absolute Gasteiger partial charge is 0.480 e. The molecule has 1 atom stereocenters. The molecular weight excluding hydrogens is 437 g/mol. The number of rotatable bonds is 9. The van der Waals surface area contributed by atoms with Gasteiger partial charge in [0, 0.05) is 18.2 Å². The van der Waals surface area contributed by atoms with Gasteiger partial charge in [-0.15, -0.1) is 0 Å². The SMILES string of the molecule is Cc1cc(C(=O)c2ccc(=O)n(-c3ccc(CNC(CC(C)C)C(=O)O)cc3)c2N)ccc1F. The fourth-order valence-electron chi connectivity index (χ4n) is 3.70. The maximum Gasteiger partial charge on any atom is 0.320 e. The van der Waals surface area contributed by atoms with Crippen LogP contribution in [0.5, 0.6) is 0 Å². The van der Waals surface area contributed by atoms with Gasteiger partial charge in [0.2, 0.25) is 0 Å². The first kappa shape index (κ1) is 24.9. The summed E-state index contributed by atoms with van der Waals surface area (Å²) in [6.07, 6.45) is 0.508. The summed E-state index contributed by atoms with van der Waals surface area (Å²) in [5.41, 5.74) is 7.86. The third-order valence-electron chi connectivity index (χ3n) is 5.55. The lowest BCUT2D eigenvalue weighted by Gasteiger charge is -2.17. The van der Waals surface area contributed by atoms with Crippen molar-refractivity contribution >= 4 is 17.6 Å². The summed E-state index contributed by atoms with van der Waals surface area (Å²) in [5.74, 6) is -1.52. The molecule has 0 saturated carbocycles. The van der Waals surface area contributed by atoms with Crippen molar-refractivity contribution in [2.75, 3.05) is 5.73 Å². The summed E-state index contributed by atoms with van der Waals surface area (Å²) in [6, 6.07) is 12.9. The maximum absolute atomic E-state index is 13.6. The van der Waals surface area contributed by atoms with Crippen LogP contribution in [0.3, 0.4) is 0 Å². The molecule has 0 aliphatic heterocycles. The highest BCUT2D eigenvalue weighted by molar-refractivity contribution is 6.11. The monoisotopic (exact) mass is 465 g/mol. The Bertz CT molecular complexity index is 1270. The maximum atomic E-state index is 13.6. The number of nitrogens with one attached hydrogen (secondary N) is 1. The predicted octanol–water partition coefficient (Wildman–Crippen LogP) is 3.69. The van der Waals surface area contributed by atoms with Crippen LogP contribution in [0.2, 0.25) is 0 Å². The Morgan fingerprint density at radius 2 is 1.76 bits per heavy atom. The van der Waals surface area contributed by atoms with Crippen molar-refractivity contribution in [2.24, 2.45) is 5.92 Å². The second-order valence-corrected chi connectivity index (χ2v) is 8.67. The molecule has 0 radical (unpaired) electrons. The van der Waals surface area contributed by atoms with E-state index in [9.17, 15) is 23.9 Å². The molecule has 178 valence electrons. The molecule has 7 nitrogen and oxygen atoms in total. The molecule has 0 amide bonds. The molecule has 0 aliphatic carbocycles. The van der Waals surface area contributed by atoms with Crippen LogP contribution in [-0.4, -0.2) is 27.5 Å². The topological polar surface area (TPSA) is 114 Å². The molecule has 1 heterocycles. The van der Waals surface area contributed by atoms with E-state index in [1.54, 1.807) is 31.2 Å². The zero-order chi connectivity index (χ0) is 25.0. The summed E-state index contributed by atoms with van der Waals surface area (Å²) in [7, 11) is 0. The molecule has 1 aromatic heterocycles. The highest BCUT2D eigenvalue weighted by Crippen LogP contribution is 2.20. The van der Waals surface area contributed by atoms with Crippen LogP contribution in [0.25, 0.3) is 5.69 Å². The van der Waals surface area contributed by atoms with Crippen LogP contribution < -0.4 is 16.6 Å². The Balaban J connectivity index is 1.86. The van der Waals surface area contributed by atoms with E-state index in [0.717, 1.165) is 5.56 Å². The van der Waals surface area contributed by atoms with Crippen LogP contribution in [0.4, 0.5) is 10.2 Å². The molecule has 0 saturated heterocycles. The molecular formula is C26H28FN3O4. The van der Waals surface area contributed by atoms with Gasteiger partial charge in [-0.1, -0.05) is 26.0 Å². The molecule has 4 N–H and O–H groups in total. The number of aryl methyl sites for hydroxylation is 1. The van der Waals surface area contributed by atoms with E-state index in [2.05, 4.69) is 5.32 Å². The van der Waals surface area contributed by atoms with Gasteiger partial charge in [-0.05, 0) is 66.8 Å². The summed E-state index contributed by atoms with van der Waals surface area (Å²) < 4.78 is 14.8.